The Kier molecular flexibility index (Phi) is 3.38. The lowest BCUT2D eigenvalue weighted by Gasteiger charge is -2.47. The number of hydrogen-bond acceptors (Lipinski definition) is 1. The smallest absolute Gasteiger partial charge is 0.140 e. The van der Waals surface area contributed by atoms with Gasteiger partial charge in [0.05, 0.1) is 0 Å². The van der Waals surface area contributed by atoms with Crippen LogP contribution in [0.15, 0.2) is 24.3 Å². The minimum absolute atomic E-state index is 0.0627. The molecule has 1 unspecified atom stereocenters. The van der Waals surface area contributed by atoms with Gasteiger partial charge in [-0.25, -0.2) is 0 Å². The second-order valence-electron chi connectivity index (χ2n) is 4.59. The Morgan fingerprint density at radius 3 is 2.25 bits per heavy atom. The van der Waals surface area contributed by atoms with Crippen molar-refractivity contribution in [2.75, 3.05) is 0 Å². The van der Waals surface area contributed by atoms with Crippen molar-refractivity contribution >= 4 is 28.4 Å². The van der Waals surface area contributed by atoms with Crippen LogP contribution >= 0.6 is 22.6 Å². The van der Waals surface area contributed by atoms with Crippen LogP contribution < -0.4 is 0 Å². The van der Waals surface area contributed by atoms with E-state index in [0.29, 0.717) is 11.7 Å². The molecule has 1 aliphatic carbocycles. The highest BCUT2D eigenvalue weighted by molar-refractivity contribution is 14.1. The van der Waals surface area contributed by atoms with Gasteiger partial charge in [0.1, 0.15) is 5.78 Å². The zero-order valence-corrected chi connectivity index (χ0v) is 12.0. The first kappa shape index (κ1) is 12.1. The van der Waals surface area contributed by atoms with E-state index in [2.05, 4.69) is 60.7 Å². The fourth-order valence-corrected chi connectivity index (χ4v) is 3.28. The van der Waals surface area contributed by atoms with Gasteiger partial charge in [0.2, 0.25) is 0 Å². The number of Topliss-reactive ketones (excluding diaryl/α,β-unsaturated/α-hetero) is 1. The van der Waals surface area contributed by atoms with Crippen molar-refractivity contribution in [3.63, 3.8) is 0 Å². The van der Waals surface area contributed by atoms with Crippen LogP contribution in [-0.4, -0.2) is 5.78 Å². The van der Waals surface area contributed by atoms with E-state index in [9.17, 15) is 4.79 Å². The van der Waals surface area contributed by atoms with Gasteiger partial charge in [-0.05, 0) is 53.1 Å². The number of ketones is 1. The Hall–Kier alpha value is -0.380. The second kappa shape index (κ2) is 4.47. The van der Waals surface area contributed by atoms with Crippen molar-refractivity contribution in [1.82, 2.24) is 0 Å². The molecular weight excluding hydrogens is 311 g/mol. The highest BCUT2D eigenvalue weighted by Gasteiger charge is 2.52. The molecule has 2 rings (SSSR count). The molecule has 0 N–H and O–H groups in total. The van der Waals surface area contributed by atoms with Gasteiger partial charge >= 0.3 is 0 Å². The third-order valence-electron chi connectivity index (χ3n) is 4.15. The molecule has 0 aromatic heterocycles. The summed E-state index contributed by atoms with van der Waals surface area (Å²) >= 11 is 2.31. The van der Waals surface area contributed by atoms with Crippen LogP contribution in [0.4, 0.5) is 0 Å². The van der Waals surface area contributed by atoms with Crippen molar-refractivity contribution in [3.05, 3.63) is 33.4 Å². The van der Waals surface area contributed by atoms with Gasteiger partial charge in [-0.1, -0.05) is 26.0 Å². The monoisotopic (exact) mass is 328 g/mol. The first-order valence-corrected chi connectivity index (χ1v) is 7.00. The van der Waals surface area contributed by atoms with Crippen LogP contribution in [0.25, 0.3) is 0 Å². The SMILES string of the molecule is CCC1(CC)C(=O)CC1c1ccc(I)cc1. The van der Waals surface area contributed by atoms with E-state index in [1.807, 2.05) is 0 Å². The van der Waals surface area contributed by atoms with E-state index < -0.39 is 0 Å². The average molecular weight is 328 g/mol. The highest BCUT2D eigenvalue weighted by atomic mass is 127. The van der Waals surface area contributed by atoms with Crippen molar-refractivity contribution in [3.8, 4) is 0 Å². The number of carbonyl (C=O) groups is 1. The molecule has 1 aliphatic rings. The van der Waals surface area contributed by atoms with E-state index >= 15 is 0 Å². The normalized spacial score (nSPS) is 22.9. The van der Waals surface area contributed by atoms with Crippen LogP contribution in [0.5, 0.6) is 0 Å². The molecule has 1 aromatic rings. The van der Waals surface area contributed by atoms with Gasteiger partial charge in [-0.15, -0.1) is 0 Å². The molecule has 0 radical (unpaired) electrons. The first-order valence-electron chi connectivity index (χ1n) is 5.92. The number of halogens is 1. The minimum Gasteiger partial charge on any atom is -0.299 e. The van der Waals surface area contributed by atoms with E-state index in [1.165, 1.54) is 9.13 Å². The van der Waals surface area contributed by atoms with Gasteiger partial charge in [-0.3, -0.25) is 4.79 Å². The van der Waals surface area contributed by atoms with Crippen LogP contribution in [0.1, 0.15) is 44.6 Å². The zero-order chi connectivity index (χ0) is 11.8. The van der Waals surface area contributed by atoms with Crippen LogP contribution in [0.3, 0.4) is 0 Å². The lowest BCUT2D eigenvalue weighted by molar-refractivity contribution is -0.141. The van der Waals surface area contributed by atoms with Crippen LogP contribution in [0, 0.1) is 8.99 Å². The molecule has 1 fully saturated rings. The molecule has 0 bridgehead atoms. The summed E-state index contributed by atoms with van der Waals surface area (Å²) in [6.07, 6.45) is 2.68. The van der Waals surface area contributed by atoms with Gasteiger partial charge < -0.3 is 0 Å². The summed E-state index contributed by atoms with van der Waals surface area (Å²) in [7, 11) is 0. The van der Waals surface area contributed by atoms with E-state index in [4.69, 9.17) is 0 Å². The van der Waals surface area contributed by atoms with Crippen LogP contribution in [-0.2, 0) is 4.79 Å². The molecule has 0 heterocycles. The Balaban J connectivity index is 2.29. The number of benzene rings is 1. The Morgan fingerprint density at radius 1 is 1.25 bits per heavy atom. The molecule has 16 heavy (non-hydrogen) atoms. The van der Waals surface area contributed by atoms with Crippen molar-refractivity contribution in [2.45, 2.75) is 39.0 Å². The van der Waals surface area contributed by atoms with E-state index in [0.717, 1.165) is 19.3 Å². The second-order valence-corrected chi connectivity index (χ2v) is 5.84. The molecular formula is C14H17IO. The summed E-state index contributed by atoms with van der Waals surface area (Å²) in [5, 5.41) is 0. The number of hydrogen-bond donors (Lipinski definition) is 0. The van der Waals surface area contributed by atoms with E-state index in [1.54, 1.807) is 0 Å². The van der Waals surface area contributed by atoms with Gasteiger partial charge in [0.25, 0.3) is 0 Å². The Morgan fingerprint density at radius 2 is 1.81 bits per heavy atom. The Bertz CT molecular complexity index is 390. The summed E-state index contributed by atoms with van der Waals surface area (Å²) in [6, 6.07) is 8.63. The van der Waals surface area contributed by atoms with Gasteiger partial charge in [0.15, 0.2) is 0 Å². The van der Waals surface area contributed by atoms with E-state index in [-0.39, 0.29) is 5.41 Å². The van der Waals surface area contributed by atoms with Gasteiger partial charge in [0, 0.05) is 21.3 Å². The summed E-state index contributed by atoms with van der Waals surface area (Å²) in [5.74, 6) is 0.910. The minimum atomic E-state index is -0.0627. The molecule has 1 aromatic carbocycles. The third-order valence-corrected chi connectivity index (χ3v) is 4.87. The number of rotatable bonds is 3. The maximum Gasteiger partial charge on any atom is 0.140 e. The van der Waals surface area contributed by atoms with Crippen molar-refractivity contribution in [1.29, 1.82) is 0 Å². The maximum absolute atomic E-state index is 11.9. The maximum atomic E-state index is 11.9. The quantitative estimate of drug-likeness (QED) is 0.762. The summed E-state index contributed by atoms with van der Waals surface area (Å²) in [5.41, 5.74) is 1.27. The Labute approximate surface area is 111 Å². The lowest BCUT2D eigenvalue weighted by Crippen LogP contribution is -2.47. The predicted octanol–water partition coefficient (Wildman–Crippen LogP) is 4.15. The predicted molar refractivity (Wildman–Crippen MR) is 74.5 cm³/mol. The molecule has 0 amide bonds. The van der Waals surface area contributed by atoms with Crippen molar-refractivity contribution < 1.29 is 4.79 Å². The fourth-order valence-electron chi connectivity index (χ4n) is 2.92. The van der Waals surface area contributed by atoms with Crippen LogP contribution in [0.2, 0.25) is 0 Å². The molecule has 2 heteroatoms. The third kappa shape index (κ3) is 1.71. The largest absolute Gasteiger partial charge is 0.299 e. The summed E-state index contributed by atoms with van der Waals surface area (Å²) < 4.78 is 1.26. The molecule has 0 spiro atoms. The standard InChI is InChI=1S/C14H17IO/c1-3-14(4-2)12(9-13(14)16)10-5-7-11(15)8-6-10/h5-8,12H,3-4,9H2,1-2H3. The molecule has 1 saturated carbocycles. The number of carbonyl (C=O) groups excluding carboxylic acids is 1. The fraction of sp³-hybridized carbons (Fsp3) is 0.500. The lowest BCUT2D eigenvalue weighted by atomic mass is 9.54. The van der Waals surface area contributed by atoms with Crippen molar-refractivity contribution in [2.24, 2.45) is 5.41 Å². The first-order chi connectivity index (χ1) is 7.64. The topological polar surface area (TPSA) is 17.1 Å². The summed E-state index contributed by atoms with van der Waals surface area (Å²) in [4.78, 5) is 11.9. The molecule has 0 aliphatic heterocycles. The zero-order valence-electron chi connectivity index (χ0n) is 9.79. The average Bonchev–Trinajstić information content (AvgIpc) is 2.29. The molecule has 1 nitrogen and oxygen atoms in total. The summed E-state index contributed by atoms with van der Waals surface area (Å²) in [6.45, 7) is 4.28. The van der Waals surface area contributed by atoms with Gasteiger partial charge in [-0.2, -0.15) is 0 Å². The highest BCUT2D eigenvalue weighted by Crippen LogP contribution is 2.54. The molecule has 1 atom stereocenters. The molecule has 86 valence electrons. The molecule has 0 saturated heterocycles.